The van der Waals surface area contributed by atoms with Crippen LogP contribution in [0.3, 0.4) is 0 Å². The fourth-order valence-electron chi connectivity index (χ4n) is 2.21. The smallest absolute Gasteiger partial charge is 0.194 e. The normalized spacial score (nSPS) is 12.7. The topological polar surface area (TPSA) is 23.5 Å². The Kier molecular flexibility index (Phi) is 5.15. The Morgan fingerprint density at radius 1 is 1.00 bits per heavy atom. The second kappa shape index (κ2) is 6.89. The summed E-state index contributed by atoms with van der Waals surface area (Å²) in [5.41, 5.74) is 0.366. The Bertz CT molecular complexity index is 639. The van der Waals surface area contributed by atoms with Crippen LogP contribution in [-0.4, -0.2) is 23.6 Å². The van der Waals surface area contributed by atoms with Crippen LogP contribution >= 0.6 is 0 Å². The van der Waals surface area contributed by atoms with Crippen molar-refractivity contribution in [3.05, 3.63) is 70.8 Å². The van der Waals surface area contributed by atoms with Crippen LogP contribution in [0.4, 0.5) is 17.6 Å². The van der Waals surface area contributed by atoms with E-state index in [1.165, 1.54) is 18.2 Å². The van der Waals surface area contributed by atoms with E-state index in [-0.39, 0.29) is 24.2 Å². The first-order valence-electron chi connectivity index (χ1n) is 6.63. The number of nitrogens with zero attached hydrogens (tertiary/aromatic N) is 1. The number of hydrogen-bond acceptors (Lipinski definition) is 2. The van der Waals surface area contributed by atoms with Gasteiger partial charge in [-0.3, -0.25) is 4.90 Å². The van der Waals surface area contributed by atoms with Gasteiger partial charge in [-0.15, -0.1) is 0 Å². The zero-order valence-electron chi connectivity index (χ0n) is 11.9. The van der Waals surface area contributed by atoms with Crippen molar-refractivity contribution < 1.29 is 22.7 Å². The molecule has 2 rings (SSSR count). The van der Waals surface area contributed by atoms with Gasteiger partial charge in [0.2, 0.25) is 0 Å². The molecule has 0 bridgehead atoms. The van der Waals surface area contributed by atoms with E-state index in [4.69, 9.17) is 0 Å². The zero-order valence-corrected chi connectivity index (χ0v) is 11.9. The van der Waals surface area contributed by atoms with Gasteiger partial charge in [-0.2, -0.15) is 0 Å². The average Bonchev–Trinajstić information content (AvgIpc) is 2.44. The molecule has 0 fully saturated rings. The van der Waals surface area contributed by atoms with Crippen molar-refractivity contribution in [2.45, 2.75) is 12.6 Å². The van der Waals surface area contributed by atoms with Crippen LogP contribution in [-0.2, 0) is 6.54 Å². The summed E-state index contributed by atoms with van der Waals surface area (Å²) >= 11 is 0. The van der Waals surface area contributed by atoms with Crippen molar-refractivity contribution in [3.63, 3.8) is 0 Å². The van der Waals surface area contributed by atoms with E-state index in [2.05, 4.69) is 0 Å². The molecule has 118 valence electrons. The first kappa shape index (κ1) is 16.5. The molecule has 0 aromatic heterocycles. The lowest BCUT2D eigenvalue weighted by Crippen LogP contribution is -2.25. The van der Waals surface area contributed by atoms with Gasteiger partial charge in [0.25, 0.3) is 0 Å². The molecule has 1 atom stereocenters. The van der Waals surface area contributed by atoms with E-state index < -0.39 is 29.4 Å². The fourth-order valence-corrected chi connectivity index (χ4v) is 2.21. The minimum absolute atomic E-state index is 0.0571. The first-order valence-corrected chi connectivity index (χ1v) is 6.63. The molecular weight excluding hydrogens is 298 g/mol. The molecule has 6 heteroatoms. The number of likely N-dealkylation sites (N-methyl/N-ethyl adjacent to an activating group) is 1. The van der Waals surface area contributed by atoms with E-state index in [0.29, 0.717) is 0 Å². The molecule has 0 saturated heterocycles. The highest BCUT2D eigenvalue weighted by atomic mass is 19.2. The number of hydrogen-bond donors (Lipinski definition) is 1. The fraction of sp³-hybridized carbons (Fsp3) is 0.250. The quantitative estimate of drug-likeness (QED) is 0.675. The molecule has 0 aliphatic rings. The van der Waals surface area contributed by atoms with Crippen LogP contribution in [0.25, 0.3) is 0 Å². The minimum Gasteiger partial charge on any atom is -0.387 e. The molecule has 2 aromatic carbocycles. The molecule has 0 aliphatic heterocycles. The Labute approximate surface area is 125 Å². The minimum atomic E-state index is -1.52. The van der Waals surface area contributed by atoms with Crippen molar-refractivity contribution in [2.75, 3.05) is 13.6 Å². The van der Waals surface area contributed by atoms with Crippen LogP contribution in [0, 0.1) is 23.3 Å². The molecule has 0 saturated carbocycles. The van der Waals surface area contributed by atoms with E-state index in [9.17, 15) is 22.7 Å². The van der Waals surface area contributed by atoms with Crippen molar-refractivity contribution in [3.8, 4) is 0 Å². The zero-order chi connectivity index (χ0) is 16.3. The third-order valence-electron chi connectivity index (χ3n) is 3.24. The van der Waals surface area contributed by atoms with Gasteiger partial charge < -0.3 is 5.11 Å². The molecule has 0 spiro atoms. The molecular formula is C16H15F4NO. The van der Waals surface area contributed by atoms with Gasteiger partial charge >= 0.3 is 0 Å². The highest BCUT2D eigenvalue weighted by Crippen LogP contribution is 2.19. The lowest BCUT2D eigenvalue weighted by Gasteiger charge is -2.21. The molecule has 2 aromatic rings. The summed E-state index contributed by atoms with van der Waals surface area (Å²) in [4.78, 5) is 1.56. The second-order valence-electron chi connectivity index (χ2n) is 5.11. The van der Waals surface area contributed by atoms with Crippen LogP contribution in [0.2, 0.25) is 0 Å². The number of benzene rings is 2. The lowest BCUT2D eigenvalue weighted by atomic mass is 10.1. The van der Waals surface area contributed by atoms with Crippen molar-refractivity contribution >= 4 is 0 Å². The van der Waals surface area contributed by atoms with Crippen LogP contribution in [0.15, 0.2) is 36.4 Å². The molecule has 0 amide bonds. The van der Waals surface area contributed by atoms with Gasteiger partial charge in [0, 0.05) is 18.7 Å². The maximum absolute atomic E-state index is 13.5. The summed E-state index contributed by atoms with van der Waals surface area (Å²) in [6.45, 7) is 0.140. The van der Waals surface area contributed by atoms with Crippen LogP contribution < -0.4 is 0 Å². The average molecular weight is 313 g/mol. The molecule has 1 unspecified atom stereocenters. The Balaban J connectivity index is 2.04. The summed E-state index contributed by atoms with van der Waals surface area (Å²) in [7, 11) is 1.60. The third kappa shape index (κ3) is 3.84. The Hall–Kier alpha value is -1.92. The van der Waals surface area contributed by atoms with Gasteiger partial charge in [-0.05, 0) is 30.8 Å². The summed E-state index contributed by atoms with van der Waals surface area (Å²) < 4.78 is 52.7. The lowest BCUT2D eigenvalue weighted by molar-refractivity contribution is 0.120. The monoisotopic (exact) mass is 313 g/mol. The molecule has 0 heterocycles. The molecule has 1 N–H and O–H groups in total. The third-order valence-corrected chi connectivity index (χ3v) is 3.24. The summed E-state index contributed by atoms with van der Waals surface area (Å²) in [5, 5.41) is 10.0. The van der Waals surface area contributed by atoms with Crippen molar-refractivity contribution in [1.29, 1.82) is 0 Å². The van der Waals surface area contributed by atoms with Crippen molar-refractivity contribution in [1.82, 2.24) is 4.90 Å². The maximum Gasteiger partial charge on any atom is 0.194 e. The predicted octanol–water partition coefficient (Wildman–Crippen LogP) is 3.41. The van der Waals surface area contributed by atoms with E-state index in [1.807, 2.05) is 0 Å². The Morgan fingerprint density at radius 3 is 2.18 bits per heavy atom. The highest BCUT2D eigenvalue weighted by Gasteiger charge is 2.16. The molecule has 0 radical (unpaired) electrons. The summed E-state index contributed by atoms with van der Waals surface area (Å²) in [6, 6.07) is 7.61. The van der Waals surface area contributed by atoms with E-state index in [0.717, 1.165) is 12.1 Å². The van der Waals surface area contributed by atoms with E-state index in [1.54, 1.807) is 18.0 Å². The second-order valence-corrected chi connectivity index (χ2v) is 5.11. The summed E-state index contributed by atoms with van der Waals surface area (Å²) in [5.74, 6) is -4.57. The number of aliphatic hydroxyl groups excluding tert-OH is 1. The highest BCUT2D eigenvalue weighted by molar-refractivity contribution is 5.21. The number of rotatable bonds is 5. The van der Waals surface area contributed by atoms with E-state index >= 15 is 0 Å². The molecule has 2 nitrogen and oxygen atoms in total. The van der Waals surface area contributed by atoms with Crippen LogP contribution in [0.5, 0.6) is 0 Å². The van der Waals surface area contributed by atoms with Crippen LogP contribution in [0.1, 0.15) is 17.2 Å². The SMILES string of the molecule is CN(Cc1cc(F)c(F)c(F)c1)CC(O)c1ccccc1F. The number of aliphatic hydroxyl groups is 1. The standard InChI is InChI=1S/C16H15F4NO/c1-21(8-10-6-13(18)16(20)14(19)7-10)9-15(22)11-4-2-3-5-12(11)17/h2-7,15,22H,8-9H2,1H3. The van der Waals surface area contributed by atoms with Gasteiger partial charge in [-0.1, -0.05) is 18.2 Å². The Morgan fingerprint density at radius 2 is 1.59 bits per heavy atom. The van der Waals surface area contributed by atoms with Gasteiger partial charge in [0.15, 0.2) is 17.5 Å². The summed E-state index contributed by atoms with van der Waals surface area (Å²) in [6.07, 6.45) is -1.08. The molecule has 22 heavy (non-hydrogen) atoms. The maximum atomic E-state index is 13.5. The predicted molar refractivity (Wildman–Crippen MR) is 74.0 cm³/mol. The number of halogens is 4. The van der Waals surface area contributed by atoms with Gasteiger partial charge in [-0.25, -0.2) is 17.6 Å². The first-order chi connectivity index (χ1) is 10.4. The molecule has 0 aliphatic carbocycles. The van der Waals surface area contributed by atoms with Crippen molar-refractivity contribution in [2.24, 2.45) is 0 Å². The largest absolute Gasteiger partial charge is 0.387 e. The van der Waals surface area contributed by atoms with Gasteiger partial charge in [0.1, 0.15) is 5.82 Å². The van der Waals surface area contributed by atoms with Gasteiger partial charge in [0.05, 0.1) is 6.10 Å².